The summed E-state index contributed by atoms with van der Waals surface area (Å²) in [6, 6.07) is 0. The summed E-state index contributed by atoms with van der Waals surface area (Å²) >= 11 is 0. The van der Waals surface area contributed by atoms with Crippen molar-refractivity contribution < 1.29 is 9.47 Å². The first-order valence-electron chi connectivity index (χ1n) is 6.47. The molecule has 2 rings (SSSR count). The fraction of sp³-hybridized carbons (Fsp3) is 1.00. The number of likely N-dealkylation sites (N-methyl/N-ethyl adjacent to an activating group) is 1. The molecule has 2 saturated heterocycles. The van der Waals surface area contributed by atoms with Crippen molar-refractivity contribution in [3.8, 4) is 0 Å². The van der Waals surface area contributed by atoms with Crippen LogP contribution in [0.15, 0.2) is 0 Å². The lowest BCUT2D eigenvalue weighted by Crippen LogP contribution is -2.46. The molecule has 0 unspecified atom stereocenters. The second-order valence-corrected chi connectivity index (χ2v) is 4.90. The maximum atomic E-state index is 5.69. The van der Waals surface area contributed by atoms with E-state index in [0.717, 1.165) is 39.4 Å². The Balaban J connectivity index is 1.56. The molecule has 0 amide bonds. The van der Waals surface area contributed by atoms with Gasteiger partial charge in [0.1, 0.15) is 0 Å². The van der Waals surface area contributed by atoms with Crippen LogP contribution in [0.5, 0.6) is 0 Å². The first-order valence-corrected chi connectivity index (χ1v) is 6.47. The molecule has 2 heterocycles. The third-order valence-electron chi connectivity index (χ3n) is 3.36. The Morgan fingerprint density at radius 2 is 1.94 bits per heavy atom. The van der Waals surface area contributed by atoms with Gasteiger partial charge in [0.15, 0.2) is 0 Å². The molecule has 1 N–H and O–H groups in total. The van der Waals surface area contributed by atoms with Crippen molar-refractivity contribution in [3.63, 3.8) is 0 Å². The van der Waals surface area contributed by atoms with Gasteiger partial charge in [0.2, 0.25) is 0 Å². The number of morpholine rings is 1. The monoisotopic (exact) mass is 228 g/mol. The van der Waals surface area contributed by atoms with E-state index in [1.165, 1.54) is 19.3 Å². The first-order chi connectivity index (χ1) is 7.84. The van der Waals surface area contributed by atoms with Crippen LogP contribution >= 0.6 is 0 Å². The van der Waals surface area contributed by atoms with Crippen molar-refractivity contribution >= 4 is 0 Å². The van der Waals surface area contributed by atoms with Crippen molar-refractivity contribution in [2.75, 3.05) is 46.4 Å². The van der Waals surface area contributed by atoms with Gasteiger partial charge in [-0.2, -0.15) is 0 Å². The van der Waals surface area contributed by atoms with Gasteiger partial charge in [0, 0.05) is 32.8 Å². The van der Waals surface area contributed by atoms with Crippen molar-refractivity contribution in [2.45, 2.75) is 31.5 Å². The summed E-state index contributed by atoms with van der Waals surface area (Å²) in [6.45, 7) is 5.83. The van der Waals surface area contributed by atoms with Crippen molar-refractivity contribution in [1.29, 1.82) is 0 Å². The maximum absolute atomic E-state index is 5.69. The van der Waals surface area contributed by atoms with Gasteiger partial charge in [-0.3, -0.25) is 0 Å². The van der Waals surface area contributed by atoms with Gasteiger partial charge in [-0.25, -0.2) is 0 Å². The maximum Gasteiger partial charge on any atom is 0.0826 e. The molecule has 0 spiro atoms. The molecule has 16 heavy (non-hydrogen) atoms. The molecule has 94 valence electrons. The van der Waals surface area contributed by atoms with Crippen LogP contribution < -0.4 is 5.32 Å². The summed E-state index contributed by atoms with van der Waals surface area (Å²) in [5, 5.41) is 3.47. The molecule has 0 saturated carbocycles. The van der Waals surface area contributed by atoms with Gasteiger partial charge in [-0.05, 0) is 26.3 Å². The number of rotatable bonds is 4. The Labute approximate surface area is 98.3 Å². The zero-order valence-corrected chi connectivity index (χ0v) is 10.3. The Morgan fingerprint density at radius 3 is 2.69 bits per heavy atom. The van der Waals surface area contributed by atoms with E-state index in [-0.39, 0.29) is 0 Å². The number of nitrogens with one attached hydrogen (secondary N) is 1. The fourth-order valence-corrected chi connectivity index (χ4v) is 2.36. The molecule has 2 fully saturated rings. The normalized spacial score (nSPS) is 32.8. The lowest BCUT2D eigenvalue weighted by molar-refractivity contribution is -0.0230. The quantitative estimate of drug-likeness (QED) is 0.758. The molecular formula is C12H24N2O2. The number of ether oxygens (including phenoxy) is 2. The molecule has 0 aromatic carbocycles. The van der Waals surface area contributed by atoms with E-state index in [1.54, 1.807) is 0 Å². The smallest absolute Gasteiger partial charge is 0.0826 e. The number of nitrogens with zero attached hydrogens (tertiary/aromatic N) is 1. The van der Waals surface area contributed by atoms with E-state index < -0.39 is 0 Å². The van der Waals surface area contributed by atoms with Gasteiger partial charge in [0.25, 0.3) is 0 Å². The predicted molar refractivity (Wildman–Crippen MR) is 63.7 cm³/mol. The minimum absolute atomic E-state index is 0.349. The van der Waals surface area contributed by atoms with Crippen molar-refractivity contribution in [3.05, 3.63) is 0 Å². The van der Waals surface area contributed by atoms with E-state index in [4.69, 9.17) is 9.47 Å². The van der Waals surface area contributed by atoms with Gasteiger partial charge < -0.3 is 19.7 Å². The highest BCUT2D eigenvalue weighted by Crippen LogP contribution is 2.11. The van der Waals surface area contributed by atoms with Gasteiger partial charge >= 0.3 is 0 Å². The summed E-state index contributed by atoms with van der Waals surface area (Å²) in [5.41, 5.74) is 0. The van der Waals surface area contributed by atoms with E-state index in [1.807, 2.05) is 0 Å². The second kappa shape index (κ2) is 6.55. The highest BCUT2D eigenvalue weighted by Gasteiger charge is 2.18. The molecule has 0 radical (unpaired) electrons. The van der Waals surface area contributed by atoms with Crippen LogP contribution in [0.25, 0.3) is 0 Å². The van der Waals surface area contributed by atoms with Crippen LogP contribution in [0.3, 0.4) is 0 Å². The van der Waals surface area contributed by atoms with Crippen LogP contribution in [0, 0.1) is 0 Å². The third-order valence-corrected chi connectivity index (χ3v) is 3.36. The van der Waals surface area contributed by atoms with Gasteiger partial charge in [-0.15, -0.1) is 0 Å². The SMILES string of the molecule is CN1CCO[C@@H](CNC[C@H]2CCCCO2)C1. The second-order valence-electron chi connectivity index (χ2n) is 4.90. The summed E-state index contributed by atoms with van der Waals surface area (Å²) in [5.74, 6) is 0. The topological polar surface area (TPSA) is 33.7 Å². The molecule has 2 atom stereocenters. The minimum atomic E-state index is 0.349. The Bertz CT molecular complexity index is 195. The highest BCUT2D eigenvalue weighted by atomic mass is 16.5. The van der Waals surface area contributed by atoms with Crippen molar-refractivity contribution in [2.24, 2.45) is 0 Å². The van der Waals surface area contributed by atoms with Gasteiger partial charge in [-0.1, -0.05) is 0 Å². The van der Waals surface area contributed by atoms with Crippen LogP contribution in [0.4, 0.5) is 0 Å². The van der Waals surface area contributed by atoms with Crippen LogP contribution in [0.2, 0.25) is 0 Å². The zero-order valence-electron chi connectivity index (χ0n) is 10.3. The van der Waals surface area contributed by atoms with Crippen LogP contribution in [-0.4, -0.2) is 63.5 Å². The Hall–Kier alpha value is -0.160. The molecule has 0 aromatic rings. The lowest BCUT2D eigenvalue weighted by atomic mass is 10.1. The summed E-state index contributed by atoms with van der Waals surface area (Å²) in [6.07, 6.45) is 4.53. The molecule has 0 bridgehead atoms. The largest absolute Gasteiger partial charge is 0.377 e. The van der Waals surface area contributed by atoms with Crippen LogP contribution in [0.1, 0.15) is 19.3 Å². The minimum Gasteiger partial charge on any atom is -0.377 e. The Kier molecular flexibility index (Phi) is 5.03. The molecule has 2 aliphatic rings. The molecule has 0 aromatic heterocycles. The van der Waals surface area contributed by atoms with E-state index in [2.05, 4.69) is 17.3 Å². The van der Waals surface area contributed by atoms with Gasteiger partial charge in [0.05, 0.1) is 18.8 Å². The first kappa shape index (κ1) is 12.3. The van der Waals surface area contributed by atoms with E-state index in [0.29, 0.717) is 12.2 Å². The molecule has 4 nitrogen and oxygen atoms in total. The molecule has 0 aliphatic carbocycles. The standard InChI is InChI=1S/C12H24N2O2/c1-14-5-7-16-12(10-14)9-13-8-11-4-2-3-6-15-11/h11-13H,2-10H2,1H3/t11-,12+/m1/s1. The highest BCUT2D eigenvalue weighted by molar-refractivity contribution is 4.73. The average molecular weight is 228 g/mol. The Morgan fingerprint density at radius 1 is 1.12 bits per heavy atom. The van der Waals surface area contributed by atoms with Crippen LogP contribution in [-0.2, 0) is 9.47 Å². The third kappa shape index (κ3) is 4.01. The number of hydrogen-bond donors (Lipinski definition) is 1. The fourth-order valence-electron chi connectivity index (χ4n) is 2.36. The molecule has 2 aliphatic heterocycles. The predicted octanol–water partition coefficient (Wildman–Crippen LogP) is 0.476. The molecular weight excluding hydrogens is 204 g/mol. The summed E-state index contributed by atoms with van der Waals surface area (Å²) in [4.78, 5) is 2.33. The average Bonchev–Trinajstić information content (AvgIpc) is 2.30. The molecule has 4 heteroatoms. The summed E-state index contributed by atoms with van der Waals surface area (Å²) < 4.78 is 11.4. The lowest BCUT2D eigenvalue weighted by Gasteiger charge is -2.31. The summed E-state index contributed by atoms with van der Waals surface area (Å²) in [7, 11) is 2.15. The van der Waals surface area contributed by atoms with E-state index in [9.17, 15) is 0 Å². The van der Waals surface area contributed by atoms with E-state index >= 15 is 0 Å². The number of hydrogen-bond acceptors (Lipinski definition) is 4. The zero-order chi connectivity index (χ0) is 11.2. The van der Waals surface area contributed by atoms with Crippen molar-refractivity contribution in [1.82, 2.24) is 10.2 Å².